The van der Waals surface area contributed by atoms with E-state index in [4.69, 9.17) is 15.0 Å². The van der Waals surface area contributed by atoms with E-state index in [-0.39, 0.29) is 5.91 Å². The van der Waals surface area contributed by atoms with Gasteiger partial charge in [-0.1, -0.05) is 46.7 Å². The van der Waals surface area contributed by atoms with Crippen molar-refractivity contribution in [3.63, 3.8) is 0 Å². The van der Waals surface area contributed by atoms with E-state index in [0.717, 1.165) is 45.8 Å². The average molecular weight is 488 g/mol. The zero-order valence-corrected chi connectivity index (χ0v) is 22.1. The second-order valence-corrected chi connectivity index (χ2v) is 11.1. The summed E-state index contributed by atoms with van der Waals surface area (Å²) >= 11 is 1.58. The number of carbonyl (C=O) groups excluding carboxylic acids is 1. The number of rotatable bonds is 8. The van der Waals surface area contributed by atoms with Crippen LogP contribution >= 0.6 is 11.3 Å². The second-order valence-electron chi connectivity index (χ2n) is 10.1. The standard InChI is InChI=1S/C28H33N5OS/c1-17-7-6-8-21(13-17)26-25(31-28(35-26)32(4)5)27(34)33(16-20-9-10-20)12-11-24-29-22-14-18(2)19(3)15-23(22)30-24/h6-8,13-14,20H,9-12,15-16H2,1-5H3. The van der Waals surface area contributed by atoms with Gasteiger partial charge in [0.1, 0.15) is 11.5 Å². The van der Waals surface area contributed by atoms with Gasteiger partial charge in [0.25, 0.3) is 5.91 Å². The van der Waals surface area contributed by atoms with Crippen molar-refractivity contribution in [1.29, 1.82) is 0 Å². The molecule has 0 atom stereocenters. The van der Waals surface area contributed by atoms with Gasteiger partial charge in [0.05, 0.1) is 16.3 Å². The maximum Gasteiger partial charge on any atom is 0.274 e. The van der Waals surface area contributed by atoms with Crippen LogP contribution in [-0.2, 0) is 0 Å². The number of aromatic nitrogens is 1. The first-order chi connectivity index (χ1) is 16.8. The van der Waals surface area contributed by atoms with E-state index in [1.807, 2.05) is 30.0 Å². The van der Waals surface area contributed by atoms with Crippen LogP contribution in [0.15, 0.2) is 57.2 Å². The maximum atomic E-state index is 13.9. The molecule has 6 nitrogen and oxygen atoms in total. The first-order valence-corrected chi connectivity index (χ1v) is 13.2. The molecule has 182 valence electrons. The minimum absolute atomic E-state index is 0.00833. The fourth-order valence-corrected chi connectivity index (χ4v) is 5.39. The van der Waals surface area contributed by atoms with Crippen molar-refractivity contribution in [2.75, 3.05) is 32.1 Å². The summed E-state index contributed by atoms with van der Waals surface area (Å²) in [6, 6.07) is 8.32. The molecule has 1 aromatic carbocycles. The van der Waals surface area contributed by atoms with E-state index in [9.17, 15) is 4.79 Å². The molecule has 1 aromatic heterocycles. The third-order valence-electron chi connectivity index (χ3n) is 6.82. The van der Waals surface area contributed by atoms with Crippen molar-refractivity contribution >= 4 is 33.9 Å². The summed E-state index contributed by atoms with van der Waals surface area (Å²) in [6.07, 6.45) is 6.02. The van der Waals surface area contributed by atoms with Crippen LogP contribution < -0.4 is 4.90 Å². The van der Waals surface area contributed by atoms with Gasteiger partial charge in [0.2, 0.25) is 0 Å². The quantitative estimate of drug-likeness (QED) is 0.465. The minimum Gasteiger partial charge on any atom is -0.354 e. The number of amides is 1. The molecule has 3 aliphatic rings. The van der Waals surface area contributed by atoms with E-state index in [1.165, 1.54) is 29.6 Å². The summed E-state index contributed by atoms with van der Waals surface area (Å²) in [5, 5.41) is 0.844. The molecule has 2 aromatic rings. The van der Waals surface area contributed by atoms with Gasteiger partial charge in [-0.05, 0) is 56.7 Å². The largest absolute Gasteiger partial charge is 0.354 e. The number of amidine groups is 1. The molecule has 2 heterocycles. The molecule has 35 heavy (non-hydrogen) atoms. The summed E-state index contributed by atoms with van der Waals surface area (Å²) < 4.78 is 0. The van der Waals surface area contributed by atoms with E-state index in [2.05, 4.69) is 45.0 Å². The fourth-order valence-electron chi connectivity index (χ4n) is 4.42. The van der Waals surface area contributed by atoms with Crippen molar-refractivity contribution in [3.8, 4) is 10.4 Å². The Morgan fingerprint density at radius 3 is 2.66 bits per heavy atom. The van der Waals surface area contributed by atoms with Crippen LogP contribution in [-0.4, -0.2) is 54.5 Å². The molecular weight excluding hydrogens is 454 g/mol. The lowest BCUT2D eigenvalue weighted by atomic mass is 9.97. The molecule has 1 saturated carbocycles. The highest BCUT2D eigenvalue weighted by atomic mass is 32.1. The van der Waals surface area contributed by atoms with Crippen molar-refractivity contribution < 1.29 is 4.79 Å². The van der Waals surface area contributed by atoms with Crippen molar-refractivity contribution in [1.82, 2.24) is 9.88 Å². The number of thiazole rings is 1. The zero-order valence-electron chi connectivity index (χ0n) is 21.3. The number of hydrogen-bond acceptors (Lipinski definition) is 6. The molecule has 0 radical (unpaired) electrons. The van der Waals surface area contributed by atoms with Gasteiger partial charge in [-0.2, -0.15) is 0 Å². The van der Waals surface area contributed by atoms with Gasteiger partial charge in [0, 0.05) is 40.0 Å². The monoisotopic (exact) mass is 487 g/mol. The van der Waals surface area contributed by atoms with Crippen molar-refractivity contribution in [2.24, 2.45) is 15.9 Å². The molecule has 0 unspecified atom stereocenters. The van der Waals surface area contributed by atoms with Crippen LogP contribution in [0, 0.1) is 12.8 Å². The van der Waals surface area contributed by atoms with Gasteiger partial charge in [-0.25, -0.2) is 15.0 Å². The molecular formula is C28H33N5OS. The van der Waals surface area contributed by atoms with Crippen molar-refractivity contribution in [3.05, 3.63) is 58.4 Å². The number of aliphatic imine (C=N–C) groups is 2. The number of anilines is 1. The normalized spacial score (nSPS) is 17.1. The molecule has 1 fully saturated rings. The first-order valence-electron chi connectivity index (χ1n) is 12.4. The van der Waals surface area contributed by atoms with Crippen LogP contribution in [0.2, 0.25) is 0 Å². The minimum atomic E-state index is 0.00833. The Morgan fingerprint density at radius 1 is 1.14 bits per heavy atom. The number of hydrogen-bond donors (Lipinski definition) is 0. The second kappa shape index (κ2) is 9.53. The summed E-state index contributed by atoms with van der Waals surface area (Å²) in [5.74, 6) is 1.42. The fraction of sp³-hybridized carbons (Fsp3) is 0.429. The van der Waals surface area contributed by atoms with E-state index in [0.29, 0.717) is 24.6 Å². The highest BCUT2D eigenvalue weighted by Gasteiger charge is 2.31. The van der Waals surface area contributed by atoms with Gasteiger partial charge in [-0.3, -0.25) is 4.79 Å². The molecule has 0 saturated heterocycles. The van der Waals surface area contributed by atoms with Gasteiger partial charge in [-0.15, -0.1) is 0 Å². The van der Waals surface area contributed by atoms with E-state index >= 15 is 0 Å². The number of carbonyl (C=O) groups is 1. The first kappa shape index (κ1) is 23.7. The molecule has 1 aliphatic heterocycles. The lowest BCUT2D eigenvalue weighted by Gasteiger charge is -2.22. The Labute approximate surface area is 211 Å². The van der Waals surface area contributed by atoms with E-state index in [1.54, 1.807) is 11.3 Å². The highest BCUT2D eigenvalue weighted by molar-refractivity contribution is 7.19. The Morgan fingerprint density at radius 2 is 1.94 bits per heavy atom. The average Bonchev–Trinajstić information content (AvgIpc) is 3.38. The Bertz CT molecular complexity index is 1290. The Balaban J connectivity index is 1.39. The molecule has 2 aliphatic carbocycles. The van der Waals surface area contributed by atoms with Gasteiger partial charge in [0.15, 0.2) is 5.13 Å². The number of fused-ring (bicyclic) bond motifs is 1. The van der Waals surface area contributed by atoms with Gasteiger partial charge >= 0.3 is 0 Å². The molecule has 0 bridgehead atoms. The SMILES string of the molecule is CC1=C(C)CC2=NC(CCN(CC3CC3)C(=O)c3nc(N(C)C)sc3-c3cccc(C)c3)=NC2=C1. The predicted molar refractivity (Wildman–Crippen MR) is 146 cm³/mol. The Kier molecular flexibility index (Phi) is 6.45. The van der Waals surface area contributed by atoms with Crippen LogP contribution in [0.1, 0.15) is 55.6 Å². The predicted octanol–water partition coefficient (Wildman–Crippen LogP) is 5.90. The lowest BCUT2D eigenvalue weighted by molar-refractivity contribution is 0.0748. The molecule has 0 N–H and O–H groups in total. The number of aryl methyl sites for hydroxylation is 1. The number of nitrogens with zero attached hydrogens (tertiary/aromatic N) is 5. The summed E-state index contributed by atoms with van der Waals surface area (Å²) in [4.78, 5) is 33.2. The zero-order chi connectivity index (χ0) is 24.7. The summed E-state index contributed by atoms with van der Waals surface area (Å²) in [7, 11) is 3.94. The summed E-state index contributed by atoms with van der Waals surface area (Å²) in [5.41, 5.74) is 7.43. The van der Waals surface area contributed by atoms with Crippen LogP contribution in [0.25, 0.3) is 10.4 Å². The Hall–Kier alpha value is -3.06. The van der Waals surface area contributed by atoms with Crippen LogP contribution in [0.4, 0.5) is 5.13 Å². The number of benzene rings is 1. The molecule has 1 amide bonds. The smallest absolute Gasteiger partial charge is 0.274 e. The van der Waals surface area contributed by atoms with Crippen molar-refractivity contribution in [2.45, 2.75) is 46.5 Å². The highest BCUT2D eigenvalue weighted by Crippen LogP contribution is 2.37. The van der Waals surface area contributed by atoms with Gasteiger partial charge < -0.3 is 9.80 Å². The lowest BCUT2D eigenvalue weighted by Crippen LogP contribution is -2.35. The topological polar surface area (TPSA) is 61.2 Å². The molecule has 5 rings (SSSR count). The third-order valence-corrected chi connectivity index (χ3v) is 8.09. The van der Waals surface area contributed by atoms with Crippen LogP contribution in [0.5, 0.6) is 0 Å². The molecule has 0 spiro atoms. The summed E-state index contributed by atoms with van der Waals surface area (Å²) in [6.45, 7) is 7.73. The molecule has 7 heteroatoms. The van der Waals surface area contributed by atoms with Crippen LogP contribution in [0.3, 0.4) is 0 Å². The third kappa shape index (κ3) is 5.15. The maximum absolute atomic E-state index is 13.9. The van der Waals surface area contributed by atoms with E-state index < -0.39 is 0 Å². The number of allylic oxidation sites excluding steroid dienone is 4.